The van der Waals surface area contributed by atoms with Crippen molar-refractivity contribution in [3.63, 3.8) is 0 Å². The van der Waals surface area contributed by atoms with Gasteiger partial charge in [0.15, 0.2) is 0 Å². The van der Waals surface area contributed by atoms with E-state index in [-0.39, 0.29) is 18.7 Å². The Morgan fingerprint density at radius 2 is 1.93 bits per heavy atom. The minimum atomic E-state index is -0.960. The molecule has 2 unspecified atom stereocenters. The van der Waals surface area contributed by atoms with E-state index >= 15 is 0 Å². The number of hydrogen-bond acceptors (Lipinski definition) is 5. The molecule has 154 valence electrons. The van der Waals surface area contributed by atoms with Crippen LogP contribution in [0.25, 0.3) is 0 Å². The van der Waals surface area contributed by atoms with Crippen LogP contribution in [0.15, 0.2) is 67.5 Å². The van der Waals surface area contributed by atoms with Crippen molar-refractivity contribution in [1.29, 1.82) is 0 Å². The van der Waals surface area contributed by atoms with Crippen molar-refractivity contribution in [3.05, 3.63) is 84.1 Å². The van der Waals surface area contributed by atoms with Crippen molar-refractivity contribution in [2.75, 3.05) is 0 Å². The summed E-state index contributed by atoms with van der Waals surface area (Å²) in [7, 11) is 0. The second kappa shape index (κ2) is 10.9. The smallest absolute Gasteiger partial charge is 0.307 e. The SMILES string of the molecule is C=CC(c1cccc(CN)c1O)C(O/C=C\CC)Oc1ccccc1CC(=O)O. The number of aliphatic carboxylic acids is 1. The Kier molecular flexibility index (Phi) is 8.30. The molecule has 4 N–H and O–H groups in total. The summed E-state index contributed by atoms with van der Waals surface area (Å²) in [5.74, 6) is -1.03. The number of hydrogen-bond donors (Lipinski definition) is 3. The Morgan fingerprint density at radius 3 is 2.59 bits per heavy atom. The van der Waals surface area contributed by atoms with Crippen LogP contribution in [0.5, 0.6) is 11.5 Å². The Hall–Kier alpha value is -3.25. The summed E-state index contributed by atoms with van der Waals surface area (Å²) in [5, 5.41) is 19.8. The van der Waals surface area contributed by atoms with Crippen molar-refractivity contribution >= 4 is 5.97 Å². The summed E-state index contributed by atoms with van der Waals surface area (Å²) in [5.41, 5.74) is 7.40. The van der Waals surface area contributed by atoms with E-state index in [2.05, 4.69) is 6.58 Å². The number of benzene rings is 2. The number of rotatable bonds is 11. The second-order valence-electron chi connectivity index (χ2n) is 6.40. The summed E-state index contributed by atoms with van der Waals surface area (Å²) in [4.78, 5) is 11.2. The molecule has 0 saturated carbocycles. The number of para-hydroxylation sites is 2. The molecule has 0 heterocycles. The zero-order valence-electron chi connectivity index (χ0n) is 16.5. The lowest BCUT2D eigenvalue weighted by atomic mass is 9.95. The molecular weight excluding hydrogens is 370 g/mol. The summed E-state index contributed by atoms with van der Waals surface area (Å²) in [6, 6.07) is 12.2. The highest BCUT2D eigenvalue weighted by molar-refractivity contribution is 5.71. The number of phenols is 1. The van der Waals surface area contributed by atoms with Gasteiger partial charge in [0.25, 0.3) is 6.29 Å². The predicted octanol–water partition coefficient (Wildman–Crippen LogP) is 4.09. The highest BCUT2D eigenvalue weighted by atomic mass is 16.7. The van der Waals surface area contributed by atoms with E-state index in [4.69, 9.17) is 20.3 Å². The second-order valence-corrected chi connectivity index (χ2v) is 6.40. The van der Waals surface area contributed by atoms with Crippen molar-refractivity contribution in [2.24, 2.45) is 5.73 Å². The molecule has 0 radical (unpaired) electrons. The summed E-state index contributed by atoms with van der Waals surface area (Å²) < 4.78 is 11.9. The molecule has 0 aliphatic heterocycles. The third-order valence-corrected chi connectivity index (χ3v) is 4.38. The monoisotopic (exact) mass is 397 g/mol. The predicted molar refractivity (Wildman–Crippen MR) is 112 cm³/mol. The molecule has 0 saturated heterocycles. The van der Waals surface area contributed by atoms with E-state index < -0.39 is 18.2 Å². The first-order valence-electron chi connectivity index (χ1n) is 9.42. The first-order valence-corrected chi connectivity index (χ1v) is 9.42. The van der Waals surface area contributed by atoms with Gasteiger partial charge in [-0.25, -0.2) is 0 Å². The average Bonchev–Trinajstić information content (AvgIpc) is 2.70. The lowest BCUT2D eigenvalue weighted by Gasteiger charge is -2.27. The normalized spacial score (nSPS) is 13.0. The first kappa shape index (κ1) is 22.0. The number of ether oxygens (including phenoxy) is 2. The third kappa shape index (κ3) is 5.86. The molecule has 2 aromatic rings. The van der Waals surface area contributed by atoms with Crippen LogP contribution in [0.3, 0.4) is 0 Å². The maximum Gasteiger partial charge on any atom is 0.307 e. The molecule has 0 aliphatic rings. The average molecular weight is 397 g/mol. The number of allylic oxidation sites excluding steroid dienone is 1. The number of carboxylic acid groups (broad SMARTS) is 1. The van der Waals surface area contributed by atoms with Crippen molar-refractivity contribution in [2.45, 2.75) is 38.5 Å². The highest BCUT2D eigenvalue weighted by Gasteiger charge is 2.27. The van der Waals surface area contributed by atoms with E-state index in [1.807, 2.05) is 13.0 Å². The van der Waals surface area contributed by atoms with E-state index in [1.54, 1.807) is 48.5 Å². The standard InChI is InChI=1S/C23H27NO5/c1-3-5-13-28-23(29-20-12-7-6-9-16(20)14-21(25)26)18(4-2)19-11-8-10-17(15-24)22(19)27/h4-13,18,23,27H,2-3,14-15,24H2,1H3,(H,25,26)/b13-5-. The topological polar surface area (TPSA) is 102 Å². The Morgan fingerprint density at radius 1 is 1.21 bits per heavy atom. The molecule has 6 heteroatoms. The molecule has 29 heavy (non-hydrogen) atoms. The Labute approximate surface area is 170 Å². The van der Waals surface area contributed by atoms with Gasteiger partial charge >= 0.3 is 5.97 Å². The Bertz CT molecular complexity index is 862. The van der Waals surface area contributed by atoms with Gasteiger partial charge in [0.2, 0.25) is 0 Å². The van der Waals surface area contributed by atoms with Crippen molar-refractivity contribution in [3.8, 4) is 11.5 Å². The zero-order chi connectivity index (χ0) is 21.2. The van der Waals surface area contributed by atoms with Crippen LogP contribution in [0.4, 0.5) is 0 Å². The molecule has 2 aromatic carbocycles. The molecule has 0 aromatic heterocycles. The molecule has 0 spiro atoms. The quantitative estimate of drug-likeness (QED) is 0.300. The number of carbonyl (C=O) groups is 1. The largest absolute Gasteiger partial charge is 0.507 e. The lowest BCUT2D eigenvalue weighted by Crippen LogP contribution is -2.27. The zero-order valence-corrected chi connectivity index (χ0v) is 16.5. The van der Waals surface area contributed by atoms with Crippen LogP contribution >= 0.6 is 0 Å². The molecule has 2 atom stereocenters. The van der Waals surface area contributed by atoms with Crippen LogP contribution in [-0.2, 0) is 22.5 Å². The molecule has 6 nitrogen and oxygen atoms in total. The van der Waals surface area contributed by atoms with Crippen LogP contribution in [-0.4, -0.2) is 22.5 Å². The maximum absolute atomic E-state index is 11.2. The summed E-state index contributed by atoms with van der Waals surface area (Å²) in [6.07, 6.45) is 4.71. The van der Waals surface area contributed by atoms with Gasteiger partial charge in [-0.2, -0.15) is 0 Å². The summed E-state index contributed by atoms with van der Waals surface area (Å²) >= 11 is 0. The van der Waals surface area contributed by atoms with Crippen LogP contribution in [0.2, 0.25) is 0 Å². The van der Waals surface area contributed by atoms with Gasteiger partial charge in [-0.15, -0.1) is 6.58 Å². The molecule has 0 fully saturated rings. The molecule has 2 rings (SSSR count). The first-order chi connectivity index (χ1) is 14.0. The number of nitrogens with two attached hydrogens (primary N) is 1. The van der Waals surface area contributed by atoms with Crippen molar-refractivity contribution < 1.29 is 24.5 Å². The fourth-order valence-corrected chi connectivity index (χ4v) is 2.90. The van der Waals surface area contributed by atoms with E-state index in [1.165, 1.54) is 6.26 Å². The Balaban J connectivity index is 2.43. The fraction of sp³-hybridized carbons (Fsp3) is 0.261. The number of aromatic hydroxyl groups is 1. The van der Waals surface area contributed by atoms with Gasteiger partial charge < -0.3 is 25.4 Å². The van der Waals surface area contributed by atoms with Gasteiger partial charge in [-0.3, -0.25) is 4.79 Å². The highest BCUT2D eigenvalue weighted by Crippen LogP contribution is 2.35. The number of carboxylic acids is 1. The van der Waals surface area contributed by atoms with E-state index in [0.29, 0.717) is 22.4 Å². The lowest BCUT2D eigenvalue weighted by molar-refractivity contribution is -0.136. The van der Waals surface area contributed by atoms with Crippen molar-refractivity contribution in [1.82, 2.24) is 0 Å². The minimum Gasteiger partial charge on any atom is -0.507 e. The number of phenolic OH excluding ortho intramolecular Hbond substituents is 1. The van der Waals surface area contributed by atoms with E-state index in [0.717, 1.165) is 6.42 Å². The third-order valence-electron chi connectivity index (χ3n) is 4.38. The van der Waals surface area contributed by atoms with Gasteiger partial charge in [0.1, 0.15) is 11.5 Å². The van der Waals surface area contributed by atoms with Crippen LogP contribution in [0, 0.1) is 0 Å². The minimum absolute atomic E-state index is 0.0652. The van der Waals surface area contributed by atoms with Gasteiger partial charge in [-0.05, 0) is 18.6 Å². The summed E-state index contributed by atoms with van der Waals surface area (Å²) in [6.45, 7) is 6.03. The van der Waals surface area contributed by atoms with Crippen LogP contribution < -0.4 is 10.5 Å². The van der Waals surface area contributed by atoms with Gasteiger partial charge in [-0.1, -0.05) is 49.4 Å². The molecular formula is C23H27NO5. The van der Waals surface area contributed by atoms with Crippen LogP contribution in [0.1, 0.15) is 36.0 Å². The molecule has 0 amide bonds. The van der Waals surface area contributed by atoms with E-state index in [9.17, 15) is 9.90 Å². The molecule has 0 bridgehead atoms. The maximum atomic E-state index is 11.2. The van der Waals surface area contributed by atoms with Gasteiger partial charge in [0, 0.05) is 23.2 Å². The van der Waals surface area contributed by atoms with Gasteiger partial charge in [0.05, 0.1) is 18.6 Å². The fourth-order valence-electron chi connectivity index (χ4n) is 2.90. The molecule has 0 aliphatic carbocycles.